The summed E-state index contributed by atoms with van der Waals surface area (Å²) in [6.45, 7) is 7.64. The molecule has 112 valence electrons. The van der Waals surface area contributed by atoms with Crippen LogP contribution in [0.5, 0.6) is 0 Å². The lowest BCUT2D eigenvalue weighted by atomic mass is 10.0. The molecule has 1 N–H and O–H groups in total. The van der Waals surface area contributed by atoms with E-state index < -0.39 is 5.60 Å². The van der Waals surface area contributed by atoms with Crippen molar-refractivity contribution < 1.29 is 9.53 Å². The van der Waals surface area contributed by atoms with Crippen LogP contribution in [0.4, 0.5) is 4.79 Å². The van der Waals surface area contributed by atoms with Gasteiger partial charge in [-0.25, -0.2) is 4.79 Å². The van der Waals surface area contributed by atoms with E-state index >= 15 is 0 Å². The van der Waals surface area contributed by atoms with Gasteiger partial charge in [0, 0.05) is 24.8 Å². The first-order valence-electron chi connectivity index (χ1n) is 7.54. The van der Waals surface area contributed by atoms with Crippen molar-refractivity contribution in [2.75, 3.05) is 13.1 Å². The minimum Gasteiger partial charge on any atom is -0.444 e. The van der Waals surface area contributed by atoms with E-state index in [0.29, 0.717) is 0 Å². The number of carbonyl (C=O) groups is 1. The van der Waals surface area contributed by atoms with Crippen molar-refractivity contribution in [3.8, 4) is 0 Å². The van der Waals surface area contributed by atoms with Crippen LogP contribution in [0.15, 0.2) is 23.9 Å². The van der Waals surface area contributed by atoms with Crippen LogP contribution >= 0.6 is 0 Å². The number of nitrogens with one attached hydrogen (secondary N) is 1. The van der Waals surface area contributed by atoms with Crippen molar-refractivity contribution >= 4 is 6.09 Å². The van der Waals surface area contributed by atoms with Crippen molar-refractivity contribution in [3.63, 3.8) is 0 Å². The maximum Gasteiger partial charge on any atom is 0.407 e. The number of alkyl carbamates (subject to hydrolysis) is 1. The molecule has 20 heavy (non-hydrogen) atoms. The summed E-state index contributed by atoms with van der Waals surface area (Å²) < 4.78 is 5.33. The summed E-state index contributed by atoms with van der Waals surface area (Å²) in [5.74, 6) is 0. The maximum absolute atomic E-state index is 11.8. The minimum absolute atomic E-state index is 0.186. The van der Waals surface area contributed by atoms with Gasteiger partial charge in [-0.2, -0.15) is 0 Å². The molecule has 0 bridgehead atoms. The quantitative estimate of drug-likeness (QED) is 0.843. The first-order valence-corrected chi connectivity index (χ1v) is 7.54. The van der Waals surface area contributed by atoms with Gasteiger partial charge in [-0.05, 0) is 52.5 Å². The summed E-state index contributed by atoms with van der Waals surface area (Å²) in [7, 11) is 0. The first-order chi connectivity index (χ1) is 9.44. The highest BCUT2D eigenvalue weighted by Gasteiger charge is 2.25. The summed E-state index contributed by atoms with van der Waals surface area (Å²) in [5, 5.41) is 3.00. The molecule has 1 atom stereocenters. The van der Waals surface area contributed by atoms with Crippen molar-refractivity contribution in [2.24, 2.45) is 0 Å². The number of allylic oxidation sites excluding steroid dienone is 4. The van der Waals surface area contributed by atoms with Gasteiger partial charge in [-0.15, -0.1) is 0 Å². The highest BCUT2D eigenvalue weighted by atomic mass is 16.6. The third kappa shape index (κ3) is 4.58. The average molecular weight is 278 g/mol. The van der Waals surface area contributed by atoms with Gasteiger partial charge in [0.1, 0.15) is 5.60 Å². The molecule has 2 aliphatic rings. The predicted molar refractivity (Wildman–Crippen MR) is 80.4 cm³/mol. The molecule has 0 radical (unpaired) electrons. The fraction of sp³-hybridized carbons (Fsp3) is 0.688. The van der Waals surface area contributed by atoms with Crippen LogP contribution in [0.2, 0.25) is 0 Å². The Morgan fingerprint density at radius 3 is 2.90 bits per heavy atom. The predicted octanol–water partition coefficient (Wildman–Crippen LogP) is 3.21. The van der Waals surface area contributed by atoms with Crippen LogP contribution < -0.4 is 5.32 Å². The molecule has 1 saturated heterocycles. The van der Waals surface area contributed by atoms with E-state index in [1.807, 2.05) is 20.8 Å². The Kier molecular flexibility index (Phi) is 4.73. The molecule has 1 aliphatic heterocycles. The van der Waals surface area contributed by atoms with Crippen LogP contribution in [-0.2, 0) is 4.74 Å². The topological polar surface area (TPSA) is 41.6 Å². The molecule has 0 saturated carbocycles. The number of likely N-dealkylation sites (tertiary alicyclic amines) is 1. The summed E-state index contributed by atoms with van der Waals surface area (Å²) in [5.41, 5.74) is 0.956. The SMILES string of the molecule is CC(C)(C)OC(=O)N[C@@H]1CCCN(C2=CC=CCC2)C1. The molecule has 1 heterocycles. The molecular formula is C16H26N2O2. The van der Waals surface area contributed by atoms with Crippen molar-refractivity contribution in [1.82, 2.24) is 10.2 Å². The lowest BCUT2D eigenvalue weighted by molar-refractivity contribution is 0.0479. The number of amides is 1. The second kappa shape index (κ2) is 6.33. The first kappa shape index (κ1) is 14.9. The summed E-state index contributed by atoms with van der Waals surface area (Å²) >= 11 is 0. The summed E-state index contributed by atoms with van der Waals surface area (Å²) in [6.07, 6.45) is 10.6. The van der Waals surface area contributed by atoms with E-state index in [2.05, 4.69) is 28.4 Å². The zero-order chi connectivity index (χ0) is 14.6. The van der Waals surface area contributed by atoms with Gasteiger partial charge in [-0.1, -0.05) is 12.2 Å². The van der Waals surface area contributed by atoms with Gasteiger partial charge < -0.3 is 15.0 Å². The Labute approximate surface area is 121 Å². The second-order valence-electron chi connectivity index (χ2n) is 6.56. The Morgan fingerprint density at radius 1 is 1.45 bits per heavy atom. The largest absolute Gasteiger partial charge is 0.444 e. The van der Waals surface area contributed by atoms with Crippen molar-refractivity contribution in [2.45, 2.75) is 58.1 Å². The van der Waals surface area contributed by atoms with Crippen LogP contribution in [-0.4, -0.2) is 35.7 Å². The molecule has 0 unspecified atom stereocenters. The van der Waals surface area contributed by atoms with Crippen LogP contribution in [0.1, 0.15) is 46.5 Å². The molecule has 4 nitrogen and oxygen atoms in total. The third-order valence-corrected chi connectivity index (χ3v) is 3.54. The lowest BCUT2D eigenvalue weighted by Gasteiger charge is -2.37. The van der Waals surface area contributed by atoms with Gasteiger partial charge in [0.25, 0.3) is 0 Å². The van der Waals surface area contributed by atoms with Gasteiger partial charge >= 0.3 is 6.09 Å². The van der Waals surface area contributed by atoms with Gasteiger partial charge in [0.05, 0.1) is 0 Å². The Hall–Kier alpha value is -1.45. The molecule has 0 aromatic heterocycles. The molecular weight excluding hydrogens is 252 g/mol. The van der Waals surface area contributed by atoms with Gasteiger partial charge in [0.2, 0.25) is 0 Å². The van der Waals surface area contributed by atoms with Crippen LogP contribution in [0, 0.1) is 0 Å². The molecule has 0 aromatic rings. The fourth-order valence-electron chi connectivity index (χ4n) is 2.68. The van der Waals surface area contributed by atoms with Gasteiger partial charge in [0.15, 0.2) is 0 Å². The zero-order valence-corrected chi connectivity index (χ0v) is 12.8. The van der Waals surface area contributed by atoms with Crippen LogP contribution in [0.3, 0.4) is 0 Å². The molecule has 0 aromatic carbocycles. The smallest absolute Gasteiger partial charge is 0.407 e. The lowest BCUT2D eigenvalue weighted by Crippen LogP contribution is -2.48. The highest BCUT2D eigenvalue weighted by molar-refractivity contribution is 5.68. The number of rotatable bonds is 2. The summed E-state index contributed by atoms with van der Waals surface area (Å²) in [4.78, 5) is 14.2. The highest BCUT2D eigenvalue weighted by Crippen LogP contribution is 2.21. The second-order valence-corrected chi connectivity index (χ2v) is 6.56. The number of piperidine rings is 1. The molecule has 1 fully saturated rings. The molecule has 1 amide bonds. The number of ether oxygens (including phenoxy) is 1. The molecule has 2 rings (SSSR count). The Balaban J connectivity index is 1.86. The van der Waals surface area contributed by atoms with E-state index in [1.54, 1.807) is 0 Å². The number of nitrogens with zero attached hydrogens (tertiary/aromatic N) is 1. The van der Waals surface area contributed by atoms with Crippen LogP contribution in [0.25, 0.3) is 0 Å². The van der Waals surface area contributed by atoms with Crippen molar-refractivity contribution in [1.29, 1.82) is 0 Å². The number of carbonyl (C=O) groups excluding carboxylic acids is 1. The molecule has 4 heteroatoms. The van der Waals surface area contributed by atoms with E-state index in [0.717, 1.165) is 38.8 Å². The van der Waals surface area contributed by atoms with Crippen molar-refractivity contribution in [3.05, 3.63) is 23.9 Å². The average Bonchev–Trinajstić information content (AvgIpc) is 2.38. The summed E-state index contributed by atoms with van der Waals surface area (Å²) in [6, 6.07) is 0.186. The van der Waals surface area contributed by atoms with E-state index in [9.17, 15) is 4.79 Å². The zero-order valence-electron chi connectivity index (χ0n) is 12.8. The van der Waals surface area contributed by atoms with E-state index in [1.165, 1.54) is 5.70 Å². The Morgan fingerprint density at radius 2 is 2.25 bits per heavy atom. The van der Waals surface area contributed by atoms with Gasteiger partial charge in [-0.3, -0.25) is 0 Å². The van der Waals surface area contributed by atoms with E-state index in [-0.39, 0.29) is 12.1 Å². The Bertz CT molecular complexity index is 407. The monoisotopic (exact) mass is 278 g/mol. The van der Waals surface area contributed by atoms with E-state index in [4.69, 9.17) is 4.74 Å². The minimum atomic E-state index is -0.435. The molecule has 0 spiro atoms. The number of hydrogen-bond donors (Lipinski definition) is 1. The normalized spacial score (nSPS) is 23.2. The maximum atomic E-state index is 11.8. The number of hydrogen-bond acceptors (Lipinski definition) is 3. The molecule has 1 aliphatic carbocycles. The standard InChI is InChI=1S/C16H26N2O2/c1-16(2,3)20-15(19)17-13-8-7-11-18(12-13)14-9-5-4-6-10-14/h4-5,9,13H,6-8,10-12H2,1-3H3,(H,17,19)/t13-/m1/s1. The third-order valence-electron chi connectivity index (χ3n) is 3.54. The fourth-order valence-corrected chi connectivity index (χ4v) is 2.68.